The van der Waals surface area contributed by atoms with Crippen LogP contribution in [0.3, 0.4) is 0 Å². The van der Waals surface area contributed by atoms with Crippen LogP contribution in [0.25, 0.3) is 10.9 Å². The summed E-state index contributed by atoms with van der Waals surface area (Å²) in [5, 5.41) is 4.98. The van der Waals surface area contributed by atoms with Gasteiger partial charge in [0, 0.05) is 33.6 Å². The predicted molar refractivity (Wildman–Crippen MR) is 104 cm³/mol. The third-order valence-electron chi connectivity index (χ3n) is 4.58. The van der Waals surface area contributed by atoms with Crippen molar-refractivity contribution in [1.29, 1.82) is 0 Å². The topological polar surface area (TPSA) is 44.9 Å². The Bertz CT molecular complexity index is 894. The van der Waals surface area contributed by atoms with E-state index in [0.29, 0.717) is 18.0 Å². The standard InChI is InChI=1S/C21H23ClN2O/c1-14-20(17-6-4-5-7-18(17)24-14)21(2,3)13-23-19(25)12-15-8-10-16(22)11-9-15/h4-11,24H,12-13H2,1-3H3,(H,23,25). The molecule has 0 aliphatic carbocycles. The second-order valence-corrected chi connectivity index (χ2v) is 7.57. The number of aromatic amines is 1. The molecule has 4 heteroatoms. The molecule has 0 aliphatic heterocycles. The molecule has 25 heavy (non-hydrogen) atoms. The summed E-state index contributed by atoms with van der Waals surface area (Å²) < 4.78 is 0. The van der Waals surface area contributed by atoms with Crippen molar-refractivity contribution in [2.45, 2.75) is 32.6 Å². The highest BCUT2D eigenvalue weighted by atomic mass is 35.5. The van der Waals surface area contributed by atoms with Gasteiger partial charge in [-0.2, -0.15) is 0 Å². The van der Waals surface area contributed by atoms with Crippen LogP contribution in [0.4, 0.5) is 0 Å². The van der Waals surface area contributed by atoms with Crippen LogP contribution < -0.4 is 5.32 Å². The SMILES string of the molecule is Cc1[nH]c2ccccc2c1C(C)(C)CNC(=O)Cc1ccc(Cl)cc1. The number of carbonyl (C=O) groups excluding carboxylic acids is 1. The number of aromatic nitrogens is 1. The lowest BCUT2D eigenvalue weighted by Gasteiger charge is -2.26. The molecule has 1 amide bonds. The minimum absolute atomic E-state index is 0.0212. The van der Waals surface area contributed by atoms with Gasteiger partial charge < -0.3 is 10.3 Å². The normalized spacial score (nSPS) is 11.7. The molecule has 130 valence electrons. The number of para-hydroxylation sites is 1. The van der Waals surface area contributed by atoms with E-state index >= 15 is 0 Å². The first-order chi connectivity index (χ1) is 11.9. The number of rotatable bonds is 5. The Morgan fingerprint density at radius 3 is 2.52 bits per heavy atom. The third kappa shape index (κ3) is 3.88. The van der Waals surface area contributed by atoms with Gasteiger partial charge in [-0.15, -0.1) is 0 Å². The van der Waals surface area contributed by atoms with Gasteiger partial charge in [0.2, 0.25) is 5.91 Å². The summed E-state index contributed by atoms with van der Waals surface area (Å²) in [6.45, 7) is 7.01. The number of hydrogen-bond donors (Lipinski definition) is 2. The number of nitrogens with one attached hydrogen (secondary N) is 2. The van der Waals surface area contributed by atoms with Crippen LogP contribution in [0.5, 0.6) is 0 Å². The number of halogens is 1. The molecule has 0 atom stereocenters. The minimum Gasteiger partial charge on any atom is -0.358 e. The van der Waals surface area contributed by atoms with Crippen LogP contribution in [-0.4, -0.2) is 17.4 Å². The second kappa shape index (κ2) is 6.93. The van der Waals surface area contributed by atoms with Crippen molar-refractivity contribution in [3.05, 3.63) is 70.4 Å². The van der Waals surface area contributed by atoms with E-state index in [9.17, 15) is 4.79 Å². The maximum Gasteiger partial charge on any atom is 0.224 e. The van der Waals surface area contributed by atoms with E-state index in [-0.39, 0.29) is 11.3 Å². The van der Waals surface area contributed by atoms with Crippen molar-refractivity contribution < 1.29 is 4.79 Å². The molecule has 1 aromatic heterocycles. The summed E-state index contributed by atoms with van der Waals surface area (Å²) in [6, 6.07) is 15.7. The zero-order chi connectivity index (χ0) is 18.0. The van der Waals surface area contributed by atoms with Crippen molar-refractivity contribution in [3.63, 3.8) is 0 Å². The molecule has 3 nitrogen and oxygen atoms in total. The zero-order valence-electron chi connectivity index (χ0n) is 14.8. The first kappa shape index (κ1) is 17.6. The monoisotopic (exact) mass is 354 g/mol. The summed E-state index contributed by atoms with van der Waals surface area (Å²) >= 11 is 5.89. The van der Waals surface area contributed by atoms with Gasteiger partial charge >= 0.3 is 0 Å². The van der Waals surface area contributed by atoms with Gasteiger partial charge in [0.1, 0.15) is 0 Å². The number of benzene rings is 2. The summed E-state index contributed by atoms with van der Waals surface area (Å²) in [5.74, 6) is 0.0212. The van der Waals surface area contributed by atoms with E-state index in [4.69, 9.17) is 11.6 Å². The smallest absolute Gasteiger partial charge is 0.224 e. The number of aryl methyl sites for hydroxylation is 1. The fourth-order valence-electron chi connectivity index (χ4n) is 3.41. The molecule has 2 aromatic carbocycles. The fraction of sp³-hybridized carbons (Fsp3) is 0.286. The van der Waals surface area contributed by atoms with Gasteiger partial charge in [-0.3, -0.25) is 4.79 Å². The van der Waals surface area contributed by atoms with Crippen LogP contribution in [0.2, 0.25) is 5.02 Å². The highest BCUT2D eigenvalue weighted by Gasteiger charge is 2.26. The van der Waals surface area contributed by atoms with Gasteiger partial charge in [-0.1, -0.05) is 55.8 Å². The maximum atomic E-state index is 12.3. The molecule has 0 fully saturated rings. The molecule has 1 heterocycles. The number of carbonyl (C=O) groups is 1. The molecule has 0 saturated heterocycles. The Balaban J connectivity index is 1.71. The average molecular weight is 355 g/mol. The van der Waals surface area contributed by atoms with Crippen molar-refractivity contribution in [2.24, 2.45) is 0 Å². The molecule has 0 unspecified atom stereocenters. The molecule has 0 radical (unpaired) electrons. The number of amides is 1. The molecule has 0 bridgehead atoms. The largest absolute Gasteiger partial charge is 0.358 e. The summed E-state index contributed by atoms with van der Waals surface area (Å²) in [6.07, 6.45) is 0.361. The Labute approximate surface area is 153 Å². The van der Waals surface area contributed by atoms with Crippen LogP contribution in [0.15, 0.2) is 48.5 Å². The van der Waals surface area contributed by atoms with Crippen LogP contribution in [-0.2, 0) is 16.6 Å². The molecule has 0 spiro atoms. The first-order valence-corrected chi connectivity index (χ1v) is 8.83. The summed E-state index contributed by atoms with van der Waals surface area (Å²) in [7, 11) is 0. The maximum absolute atomic E-state index is 12.3. The molecular weight excluding hydrogens is 332 g/mol. The van der Waals surface area contributed by atoms with Gasteiger partial charge in [0.05, 0.1) is 6.42 Å². The number of hydrogen-bond acceptors (Lipinski definition) is 1. The van der Waals surface area contributed by atoms with Crippen molar-refractivity contribution in [3.8, 4) is 0 Å². The summed E-state index contributed by atoms with van der Waals surface area (Å²) in [5.41, 5.74) is 4.34. The first-order valence-electron chi connectivity index (χ1n) is 8.46. The quantitative estimate of drug-likeness (QED) is 0.681. The number of H-pyrrole nitrogens is 1. The highest BCUT2D eigenvalue weighted by Crippen LogP contribution is 2.33. The Morgan fingerprint density at radius 1 is 1.12 bits per heavy atom. The average Bonchev–Trinajstić information content (AvgIpc) is 2.92. The Kier molecular flexibility index (Phi) is 4.87. The predicted octanol–water partition coefficient (Wildman–Crippen LogP) is 4.77. The molecule has 0 aliphatic rings. The molecular formula is C21H23ClN2O. The lowest BCUT2D eigenvalue weighted by molar-refractivity contribution is -0.120. The molecule has 2 N–H and O–H groups in total. The van der Waals surface area contributed by atoms with Crippen LogP contribution in [0, 0.1) is 6.92 Å². The molecule has 0 saturated carbocycles. The lowest BCUT2D eigenvalue weighted by Crippen LogP contribution is -2.37. The zero-order valence-corrected chi connectivity index (χ0v) is 15.6. The van der Waals surface area contributed by atoms with E-state index in [1.807, 2.05) is 36.4 Å². The van der Waals surface area contributed by atoms with E-state index in [2.05, 4.69) is 43.2 Å². The fourth-order valence-corrected chi connectivity index (χ4v) is 3.53. The van der Waals surface area contributed by atoms with Gasteiger partial charge in [0.25, 0.3) is 0 Å². The van der Waals surface area contributed by atoms with Gasteiger partial charge in [0.15, 0.2) is 0 Å². The van der Waals surface area contributed by atoms with E-state index in [1.165, 1.54) is 10.9 Å². The second-order valence-electron chi connectivity index (χ2n) is 7.13. The van der Waals surface area contributed by atoms with Crippen molar-refractivity contribution in [1.82, 2.24) is 10.3 Å². The van der Waals surface area contributed by atoms with E-state index in [0.717, 1.165) is 16.8 Å². The Morgan fingerprint density at radius 2 is 1.80 bits per heavy atom. The minimum atomic E-state index is -0.167. The van der Waals surface area contributed by atoms with Crippen LogP contribution in [0.1, 0.15) is 30.7 Å². The number of fused-ring (bicyclic) bond motifs is 1. The Hall–Kier alpha value is -2.26. The van der Waals surface area contributed by atoms with Crippen molar-refractivity contribution in [2.75, 3.05) is 6.54 Å². The third-order valence-corrected chi connectivity index (χ3v) is 4.83. The molecule has 3 aromatic rings. The lowest BCUT2D eigenvalue weighted by atomic mass is 9.82. The van der Waals surface area contributed by atoms with Gasteiger partial charge in [-0.25, -0.2) is 0 Å². The van der Waals surface area contributed by atoms with Crippen molar-refractivity contribution >= 4 is 28.4 Å². The van der Waals surface area contributed by atoms with Crippen LogP contribution >= 0.6 is 11.6 Å². The molecule has 3 rings (SSSR count). The summed E-state index contributed by atoms with van der Waals surface area (Å²) in [4.78, 5) is 15.8. The van der Waals surface area contributed by atoms with E-state index in [1.54, 1.807) is 0 Å². The highest BCUT2D eigenvalue weighted by molar-refractivity contribution is 6.30. The van der Waals surface area contributed by atoms with E-state index < -0.39 is 0 Å². The van der Waals surface area contributed by atoms with Gasteiger partial charge in [-0.05, 0) is 36.2 Å².